The maximum Gasteiger partial charge on any atom is 0.0107 e. The van der Waals surface area contributed by atoms with E-state index in [0.717, 1.165) is 12.0 Å². The van der Waals surface area contributed by atoms with Crippen LogP contribution in [0.3, 0.4) is 0 Å². The molecule has 0 aromatic rings. The van der Waals surface area contributed by atoms with Crippen LogP contribution in [0.4, 0.5) is 0 Å². The van der Waals surface area contributed by atoms with E-state index in [9.17, 15) is 0 Å². The fourth-order valence-electron chi connectivity index (χ4n) is 1.73. The van der Waals surface area contributed by atoms with Crippen molar-refractivity contribution in [2.24, 2.45) is 5.92 Å². The van der Waals surface area contributed by atoms with Crippen LogP contribution >= 0.6 is 0 Å². The summed E-state index contributed by atoms with van der Waals surface area (Å²) in [4.78, 5) is 2.28. The Bertz CT molecular complexity index is 130. The molecule has 0 amide bonds. The molecule has 0 radical (unpaired) electrons. The Morgan fingerprint density at radius 2 is 2.08 bits per heavy atom. The van der Waals surface area contributed by atoms with Crippen LogP contribution in [-0.2, 0) is 0 Å². The minimum absolute atomic E-state index is 0.794. The minimum Gasteiger partial charge on any atom is -0.314 e. The van der Waals surface area contributed by atoms with E-state index >= 15 is 0 Å². The lowest BCUT2D eigenvalue weighted by molar-refractivity contribution is 0.341. The van der Waals surface area contributed by atoms with Gasteiger partial charge in [-0.25, -0.2) is 0 Å². The third-order valence-corrected chi connectivity index (χ3v) is 2.73. The molecule has 0 saturated heterocycles. The first-order chi connectivity index (χ1) is 6.24. The highest BCUT2D eigenvalue weighted by Gasteiger charge is 2.30. The van der Waals surface area contributed by atoms with Gasteiger partial charge in [0.1, 0.15) is 0 Å². The standard InChI is InChI=1S/C11H24N2/c1-4-8-12-11(10-5-6-10)7-9-13(2)3/h10-12H,4-9H2,1-3H3. The van der Waals surface area contributed by atoms with E-state index in [-0.39, 0.29) is 0 Å². The largest absolute Gasteiger partial charge is 0.314 e. The van der Waals surface area contributed by atoms with Gasteiger partial charge in [-0.05, 0) is 58.8 Å². The predicted molar refractivity (Wildman–Crippen MR) is 58.0 cm³/mol. The summed E-state index contributed by atoms with van der Waals surface area (Å²) >= 11 is 0. The first kappa shape index (κ1) is 11.0. The molecular weight excluding hydrogens is 160 g/mol. The number of nitrogens with one attached hydrogen (secondary N) is 1. The fourth-order valence-corrected chi connectivity index (χ4v) is 1.73. The minimum atomic E-state index is 0.794. The lowest BCUT2D eigenvalue weighted by Gasteiger charge is -2.20. The number of hydrogen-bond donors (Lipinski definition) is 1. The van der Waals surface area contributed by atoms with E-state index in [1.54, 1.807) is 0 Å². The van der Waals surface area contributed by atoms with Crippen molar-refractivity contribution < 1.29 is 0 Å². The molecular formula is C11H24N2. The summed E-state index contributed by atoms with van der Waals surface area (Å²) in [6.07, 6.45) is 5.48. The van der Waals surface area contributed by atoms with Gasteiger partial charge < -0.3 is 10.2 Å². The van der Waals surface area contributed by atoms with E-state index in [4.69, 9.17) is 0 Å². The molecule has 0 heterocycles. The summed E-state index contributed by atoms with van der Waals surface area (Å²) in [6.45, 7) is 4.65. The molecule has 2 nitrogen and oxygen atoms in total. The molecule has 1 atom stereocenters. The Labute approximate surface area is 82.7 Å². The third-order valence-electron chi connectivity index (χ3n) is 2.73. The average Bonchev–Trinajstić information content (AvgIpc) is 2.87. The highest BCUT2D eigenvalue weighted by atomic mass is 15.1. The van der Waals surface area contributed by atoms with Gasteiger partial charge in [0.15, 0.2) is 0 Å². The highest BCUT2D eigenvalue weighted by molar-refractivity contribution is 4.86. The summed E-state index contributed by atoms with van der Waals surface area (Å²) in [5.41, 5.74) is 0. The van der Waals surface area contributed by atoms with Gasteiger partial charge in [-0.15, -0.1) is 0 Å². The fraction of sp³-hybridized carbons (Fsp3) is 1.00. The van der Waals surface area contributed by atoms with Gasteiger partial charge >= 0.3 is 0 Å². The van der Waals surface area contributed by atoms with Crippen molar-refractivity contribution in [3.05, 3.63) is 0 Å². The van der Waals surface area contributed by atoms with E-state index in [1.165, 1.54) is 38.8 Å². The van der Waals surface area contributed by atoms with Crippen LogP contribution in [0.2, 0.25) is 0 Å². The molecule has 78 valence electrons. The summed E-state index contributed by atoms with van der Waals surface area (Å²) in [5, 5.41) is 3.66. The Balaban J connectivity index is 2.13. The molecule has 0 spiro atoms. The van der Waals surface area contributed by atoms with Gasteiger partial charge in [0.25, 0.3) is 0 Å². The summed E-state index contributed by atoms with van der Waals surface area (Å²) in [5.74, 6) is 0.992. The first-order valence-corrected chi connectivity index (χ1v) is 5.62. The Kier molecular flexibility index (Phi) is 4.74. The molecule has 1 rings (SSSR count). The van der Waals surface area contributed by atoms with Gasteiger partial charge in [-0.1, -0.05) is 6.92 Å². The molecule has 0 aromatic carbocycles. The van der Waals surface area contributed by atoms with Crippen LogP contribution < -0.4 is 5.32 Å². The monoisotopic (exact) mass is 184 g/mol. The third kappa shape index (κ3) is 4.63. The zero-order valence-electron chi connectivity index (χ0n) is 9.34. The second-order valence-electron chi connectivity index (χ2n) is 4.49. The van der Waals surface area contributed by atoms with Gasteiger partial charge in [-0.2, -0.15) is 0 Å². The summed E-state index contributed by atoms with van der Waals surface area (Å²) in [7, 11) is 4.31. The molecule has 1 aliphatic carbocycles. The van der Waals surface area contributed by atoms with Crippen LogP contribution in [0.5, 0.6) is 0 Å². The maximum absolute atomic E-state index is 3.66. The lowest BCUT2D eigenvalue weighted by atomic mass is 10.1. The number of rotatable bonds is 7. The lowest BCUT2D eigenvalue weighted by Crippen LogP contribution is -2.34. The van der Waals surface area contributed by atoms with E-state index in [0.29, 0.717) is 0 Å². The van der Waals surface area contributed by atoms with Crippen molar-refractivity contribution in [1.29, 1.82) is 0 Å². The highest BCUT2D eigenvalue weighted by Crippen LogP contribution is 2.33. The van der Waals surface area contributed by atoms with Crippen molar-refractivity contribution in [1.82, 2.24) is 10.2 Å². The smallest absolute Gasteiger partial charge is 0.0107 e. The molecule has 1 unspecified atom stereocenters. The average molecular weight is 184 g/mol. The predicted octanol–water partition coefficient (Wildman–Crippen LogP) is 1.72. The van der Waals surface area contributed by atoms with Crippen LogP contribution in [0.15, 0.2) is 0 Å². The van der Waals surface area contributed by atoms with Crippen molar-refractivity contribution in [3.8, 4) is 0 Å². The molecule has 13 heavy (non-hydrogen) atoms. The van der Waals surface area contributed by atoms with E-state index < -0.39 is 0 Å². The topological polar surface area (TPSA) is 15.3 Å². The quantitative estimate of drug-likeness (QED) is 0.648. The van der Waals surface area contributed by atoms with Crippen LogP contribution in [0.1, 0.15) is 32.6 Å². The number of hydrogen-bond acceptors (Lipinski definition) is 2. The molecule has 0 aromatic heterocycles. The Morgan fingerprint density at radius 3 is 2.54 bits per heavy atom. The molecule has 1 aliphatic rings. The molecule has 0 bridgehead atoms. The summed E-state index contributed by atoms with van der Waals surface area (Å²) < 4.78 is 0. The van der Waals surface area contributed by atoms with Gasteiger partial charge in [0.05, 0.1) is 0 Å². The normalized spacial score (nSPS) is 19.4. The van der Waals surface area contributed by atoms with Gasteiger partial charge in [0, 0.05) is 6.04 Å². The second kappa shape index (κ2) is 5.61. The SMILES string of the molecule is CCCNC(CCN(C)C)C1CC1. The second-order valence-corrected chi connectivity index (χ2v) is 4.49. The first-order valence-electron chi connectivity index (χ1n) is 5.62. The molecule has 2 heteroatoms. The van der Waals surface area contributed by atoms with Crippen LogP contribution in [0, 0.1) is 5.92 Å². The van der Waals surface area contributed by atoms with Gasteiger partial charge in [-0.3, -0.25) is 0 Å². The van der Waals surface area contributed by atoms with Crippen molar-refractivity contribution >= 4 is 0 Å². The molecule has 1 fully saturated rings. The summed E-state index contributed by atoms with van der Waals surface area (Å²) in [6, 6.07) is 0.794. The number of nitrogens with zero attached hydrogens (tertiary/aromatic N) is 1. The van der Waals surface area contributed by atoms with Crippen molar-refractivity contribution in [3.63, 3.8) is 0 Å². The molecule has 0 aliphatic heterocycles. The van der Waals surface area contributed by atoms with Crippen LogP contribution in [-0.4, -0.2) is 38.1 Å². The van der Waals surface area contributed by atoms with Crippen molar-refractivity contribution in [2.45, 2.75) is 38.6 Å². The Morgan fingerprint density at radius 1 is 1.38 bits per heavy atom. The zero-order valence-corrected chi connectivity index (χ0v) is 9.34. The van der Waals surface area contributed by atoms with E-state index in [2.05, 4.69) is 31.2 Å². The maximum atomic E-state index is 3.66. The van der Waals surface area contributed by atoms with Gasteiger partial charge in [0.2, 0.25) is 0 Å². The van der Waals surface area contributed by atoms with E-state index in [1.807, 2.05) is 0 Å². The zero-order chi connectivity index (χ0) is 9.68. The molecule has 1 N–H and O–H groups in total. The Hall–Kier alpha value is -0.0800. The van der Waals surface area contributed by atoms with Crippen LogP contribution in [0.25, 0.3) is 0 Å². The van der Waals surface area contributed by atoms with Crippen molar-refractivity contribution in [2.75, 3.05) is 27.2 Å². The molecule has 1 saturated carbocycles.